The number of aryl methyl sites for hydroxylation is 1. The molecular formula is C14H9Cl3O. The Balaban J connectivity index is 2.55. The van der Waals surface area contributed by atoms with Crippen LogP contribution in [0.2, 0.25) is 15.1 Å². The van der Waals surface area contributed by atoms with Gasteiger partial charge in [0.1, 0.15) is 0 Å². The van der Waals surface area contributed by atoms with Crippen LogP contribution in [0.4, 0.5) is 0 Å². The SMILES string of the molecule is Cc1cccc(Cl)c1C(=O)c1cc(Cl)cc(Cl)c1. The van der Waals surface area contributed by atoms with Crippen LogP contribution in [-0.4, -0.2) is 5.78 Å². The second-order valence-electron chi connectivity index (χ2n) is 3.92. The molecule has 0 atom stereocenters. The van der Waals surface area contributed by atoms with Gasteiger partial charge in [-0.05, 0) is 36.8 Å². The fourth-order valence-electron chi connectivity index (χ4n) is 1.75. The van der Waals surface area contributed by atoms with Crippen molar-refractivity contribution < 1.29 is 4.79 Å². The van der Waals surface area contributed by atoms with Crippen molar-refractivity contribution in [3.63, 3.8) is 0 Å². The van der Waals surface area contributed by atoms with E-state index in [0.717, 1.165) is 5.56 Å². The molecule has 2 aromatic rings. The first-order valence-electron chi connectivity index (χ1n) is 5.25. The van der Waals surface area contributed by atoms with Gasteiger partial charge >= 0.3 is 0 Å². The van der Waals surface area contributed by atoms with Gasteiger partial charge in [0.05, 0.1) is 5.02 Å². The van der Waals surface area contributed by atoms with Crippen LogP contribution in [0.25, 0.3) is 0 Å². The minimum Gasteiger partial charge on any atom is -0.289 e. The van der Waals surface area contributed by atoms with E-state index in [9.17, 15) is 4.79 Å². The van der Waals surface area contributed by atoms with Crippen molar-refractivity contribution in [1.82, 2.24) is 0 Å². The maximum atomic E-state index is 12.4. The minimum absolute atomic E-state index is 0.178. The number of hydrogen-bond acceptors (Lipinski definition) is 1. The van der Waals surface area contributed by atoms with Gasteiger partial charge in [-0.25, -0.2) is 0 Å². The molecule has 92 valence electrons. The second kappa shape index (κ2) is 5.31. The van der Waals surface area contributed by atoms with Gasteiger partial charge < -0.3 is 0 Å². The van der Waals surface area contributed by atoms with Gasteiger partial charge in [-0.2, -0.15) is 0 Å². The summed E-state index contributed by atoms with van der Waals surface area (Å²) in [7, 11) is 0. The zero-order valence-electron chi connectivity index (χ0n) is 9.51. The Labute approximate surface area is 120 Å². The lowest BCUT2D eigenvalue weighted by molar-refractivity contribution is 0.103. The van der Waals surface area contributed by atoms with Gasteiger partial charge in [0.15, 0.2) is 5.78 Å². The molecule has 0 spiro atoms. The highest BCUT2D eigenvalue weighted by Gasteiger charge is 2.16. The first-order chi connectivity index (χ1) is 8.49. The molecule has 1 nitrogen and oxygen atoms in total. The first kappa shape index (κ1) is 13.4. The summed E-state index contributed by atoms with van der Waals surface area (Å²) >= 11 is 17.9. The molecule has 0 amide bonds. The van der Waals surface area contributed by atoms with Crippen LogP contribution in [-0.2, 0) is 0 Å². The lowest BCUT2D eigenvalue weighted by atomic mass is 9.99. The average Bonchev–Trinajstić information content (AvgIpc) is 2.27. The number of carbonyl (C=O) groups is 1. The maximum absolute atomic E-state index is 12.4. The highest BCUT2D eigenvalue weighted by molar-refractivity contribution is 6.37. The summed E-state index contributed by atoms with van der Waals surface area (Å²) in [5, 5.41) is 1.28. The number of hydrogen-bond donors (Lipinski definition) is 0. The van der Waals surface area contributed by atoms with Gasteiger partial charge in [0, 0.05) is 21.2 Å². The molecule has 0 aliphatic carbocycles. The van der Waals surface area contributed by atoms with E-state index < -0.39 is 0 Å². The highest BCUT2D eigenvalue weighted by atomic mass is 35.5. The second-order valence-corrected chi connectivity index (χ2v) is 5.20. The Morgan fingerprint density at radius 1 is 1.00 bits per heavy atom. The molecule has 18 heavy (non-hydrogen) atoms. The van der Waals surface area contributed by atoms with Crippen molar-refractivity contribution in [1.29, 1.82) is 0 Å². The number of rotatable bonds is 2. The van der Waals surface area contributed by atoms with Crippen molar-refractivity contribution in [2.75, 3.05) is 0 Å². The first-order valence-corrected chi connectivity index (χ1v) is 6.38. The van der Waals surface area contributed by atoms with Crippen LogP contribution in [0.15, 0.2) is 36.4 Å². The molecule has 0 saturated carbocycles. The Bertz CT molecular complexity index is 580. The van der Waals surface area contributed by atoms with E-state index in [-0.39, 0.29) is 5.78 Å². The summed E-state index contributed by atoms with van der Waals surface area (Å²) in [5.74, 6) is -0.178. The van der Waals surface area contributed by atoms with Crippen molar-refractivity contribution in [3.05, 3.63) is 68.2 Å². The molecule has 0 aromatic heterocycles. The zero-order valence-corrected chi connectivity index (χ0v) is 11.8. The van der Waals surface area contributed by atoms with E-state index in [1.165, 1.54) is 0 Å². The Morgan fingerprint density at radius 3 is 2.17 bits per heavy atom. The number of halogens is 3. The molecule has 0 aliphatic heterocycles. The fraction of sp³-hybridized carbons (Fsp3) is 0.0714. The summed E-state index contributed by atoms with van der Waals surface area (Å²) in [4.78, 5) is 12.4. The Kier molecular flexibility index (Phi) is 3.96. The van der Waals surface area contributed by atoms with E-state index >= 15 is 0 Å². The van der Waals surface area contributed by atoms with Crippen LogP contribution < -0.4 is 0 Å². The van der Waals surface area contributed by atoms with Gasteiger partial charge in [-0.1, -0.05) is 46.9 Å². The van der Waals surface area contributed by atoms with Crippen molar-refractivity contribution in [2.24, 2.45) is 0 Å². The molecule has 0 heterocycles. The van der Waals surface area contributed by atoms with Crippen LogP contribution in [0.1, 0.15) is 21.5 Å². The third kappa shape index (κ3) is 2.69. The van der Waals surface area contributed by atoms with Crippen molar-refractivity contribution in [2.45, 2.75) is 6.92 Å². The topological polar surface area (TPSA) is 17.1 Å². The lowest BCUT2D eigenvalue weighted by Crippen LogP contribution is -2.04. The van der Waals surface area contributed by atoms with Crippen molar-refractivity contribution >= 4 is 40.6 Å². The number of benzene rings is 2. The molecule has 0 unspecified atom stereocenters. The predicted octanol–water partition coefficient (Wildman–Crippen LogP) is 5.19. The lowest BCUT2D eigenvalue weighted by Gasteiger charge is -2.08. The van der Waals surface area contributed by atoms with E-state index in [1.54, 1.807) is 30.3 Å². The Morgan fingerprint density at radius 2 is 1.61 bits per heavy atom. The monoisotopic (exact) mass is 298 g/mol. The van der Waals surface area contributed by atoms with Gasteiger partial charge in [-0.15, -0.1) is 0 Å². The third-order valence-electron chi connectivity index (χ3n) is 2.57. The van der Waals surface area contributed by atoms with Gasteiger partial charge in [0.25, 0.3) is 0 Å². The zero-order chi connectivity index (χ0) is 13.3. The standard InChI is InChI=1S/C14H9Cl3O/c1-8-3-2-4-12(17)13(8)14(18)9-5-10(15)7-11(16)6-9/h2-7H,1H3. The summed E-state index contributed by atoms with van der Waals surface area (Å²) in [5.41, 5.74) is 1.74. The number of carbonyl (C=O) groups excluding carboxylic acids is 1. The largest absolute Gasteiger partial charge is 0.289 e. The summed E-state index contributed by atoms with van der Waals surface area (Å²) in [6.45, 7) is 1.84. The molecule has 2 aromatic carbocycles. The molecular weight excluding hydrogens is 291 g/mol. The van der Waals surface area contributed by atoms with Crippen molar-refractivity contribution in [3.8, 4) is 0 Å². The molecule has 0 aliphatic rings. The highest BCUT2D eigenvalue weighted by Crippen LogP contribution is 2.26. The normalized spacial score (nSPS) is 10.4. The minimum atomic E-state index is -0.178. The van der Waals surface area contributed by atoms with E-state index in [4.69, 9.17) is 34.8 Å². The summed E-state index contributed by atoms with van der Waals surface area (Å²) in [6.07, 6.45) is 0. The molecule has 0 bridgehead atoms. The molecule has 0 N–H and O–H groups in total. The summed E-state index contributed by atoms with van der Waals surface area (Å²) in [6, 6.07) is 10.1. The third-order valence-corrected chi connectivity index (χ3v) is 3.33. The smallest absolute Gasteiger partial charge is 0.194 e. The average molecular weight is 300 g/mol. The molecule has 0 saturated heterocycles. The van der Waals surface area contributed by atoms with Crippen LogP contribution in [0.5, 0.6) is 0 Å². The van der Waals surface area contributed by atoms with Crippen LogP contribution in [0, 0.1) is 6.92 Å². The van der Waals surface area contributed by atoms with Crippen LogP contribution in [0.3, 0.4) is 0 Å². The Hall–Kier alpha value is -1.02. The number of ketones is 1. The quantitative estimate of drug-likeness (QED) is 0.698. The van der Waals surface area contributed by atoms with Crippen LogP contribution >= 0.6 is 34.8 Å². The molecule has 4 heteroatoms. The van der Waals surface area contributed by atoms with E-state index in [2.05, 4.69) is 0 Å². The molecule has 0 fully saturated rings. The van der Waals surface area contributed by atoms with Gasteiger partial charge in [0.2, 0.25) is 0 Å². The van der Waals surface area contributed by atoms with E-state index in [1.807, 2.05) is 13.0 Å². The van der Waals surface area contributed by atoms with Gasteiger partial charge in [-0.3, -0.25) is 4.79 Å². The fourth-order valence-corrected chi connectivity index (χ4v) is 2.58. The summed E-state index contributed by atoms with van der Waals surface area (Å²) < 4.78 is 0. The molecule has 0 radical (unpaired) electrons. The molecule has 2 rings (SSSR count). The maximum Gasteiger partial charge on any atom is 0.194 e. The predicted molar refractivity (Wildman–Crippen MR) is 76.1 cm³/mol. The van der Waals surface area contributed by atoms with E-state index in [0.29, 0.717) is 26.2 Å².